The van der Waals surface area contributed by atoms with E-state index >= 15 is 0 Å². The van der Waals surface area contributed by atoms with E-state index in [1.54, 1.807) is 0 Å². The number of anilines is 2. The molecule has 0 saturated heterocycles. The number of carbonyl (C=O) groups is 3. The van der Waals surface area contributed by atoms with Gasteiger partial charge in [-0.25, -0.2) is 14.8 Å². The molecule has 0 aromatic heterocycles. The summed E-state index contributed by atoms with van der Waals surface area (Å²) in [7, 11) is -9.14. The molecule has 2 aromatic rings. The van der Waals surface area contributed by atoms with Crippen LogP contribution in [0.4, 0.5) is 16.2 Å². The Kier molecular flexibility index (Phi) is 9.44. The maximum absolute atomic E-state index is 13.0. The summed E-state index contributed by atoms with van der Waals surface area (Å²) in [6.45, 7) is 0. The lowest BCUT2D eigenvalue weighted by atomic mass is 9.90. The molecule has 0 aliphatic heterocycles. The van der Waals surface area contributed by atoms with E-state index in [0.29, 0.717) is 0 Å². The first kappa shape index (κ1) is 35.6. The van der Waals surface area contributed by atoms with Crippen molar-refractivity contribution in [1.29, 1.82) is 0 Å². The predicted molar refractivity (Wildman–Crippen MR) is 192 cm³/mol. The molecule has 0 radical (unpaired) electrons. The topological polar surface area (TPSA) is 249 Å². The van der Waals surface area contributed by atoms with Crippen LogP contribution in [0.3, 0.4) is 0 Å². The van der Waals surface area contributed by atoms with Gasteiger partial charge in [-0.05, 0) is 59.7 Å². The molecule has 2 atom stereocenters. The number of hydrogen-bond acceptors (Lipinski definition) is 9. The van der Waals surface area contributed by atoms with Gasteiger partial charge in [0, 0.05) is 45.8 Å². The van der Waals surface area contributed by atoms with Gasteiger partial charge in [0.2, 0.25) is 0 Å². The Bertz CT molecular complexity index is 2330. The molecule has 52 heavy (non-hydrogen) atoms. The second-order valence-electron chi connectivity index (χ2n) is 11.5. The Hall–Kier alpha value is -6.27. The molecule has 4 amide bonds. The highest BCUT2D eigenvalue weighted by atomic mass is 32.2. The van der Waals surface area contributed by atoms with Crippen LogP contribution >= 0.6 is 0 Å². The van der Waals surface area contributed by atoms with Gasteiger partial charge in [0.15, 0.2) is 0 Å². The van der Waals surface area contributed by atoms with Gasteiger partial charge in [-0.2, -0.15) is 16.8 Å². The number of urea groups is 1. The summed E-state index contributed by atoms with van der Waals surface area (Å²) < 4.78 is 66.7. The van der Waals surface area contributed by atoms with Crippen LogP contribution in [0.5, 0.6) is 0 Å². The third kappa shape index (κ3) is 7.72. The zero-order chi connectivity index (χ0) is 37.4. The van der Waals surface area contributed by atoms with E-state index in [4.69, 9.17) is 0 Å². The highest BCUT2D eigenvalue weighted by molar-refractivity contribution is 7.87. The van der Waals surface area contributed by atoms with E-state index in [9.17, 15) is 50.5 Å². The van der Waals surface area contributed by atoms with Gasteiger partial charge in [-0.1, -0.05) is 48.6 Å². The van der Waals surface area contributed by atoms with Crippen LogP contribution in [0.1, 0.15) is 20.7 Å². The first-order valence-electron chi connectivity index (χ1n) is 15.1. The SMILES string of the molecule is O=C(Nc1cccc(C(=O)N=C2C=C(O)C3=CC=CC(S(=O)(=O)O)C3=C2)c1)Nc1cccc(C(=O)N=C2C=C(O)C3=CC=CC(S(=O)(=O)O)C3=C2)c1. The quantitative estimate of drug-likeness (QED) is 0.220. The molecule has 2 aromatic carbocycles. The highest BCUT2D eigenvalue weighted by Crippen LogP contribution is 2.33. The van der Waals surface area contributed by atoms with E-state index in [1.807, 2.05) is 0 Å². The first-order valence-corrected chi connectivity index (χ1v) is 18.1. The molecular formula is C35H26N4O11S2. The van der Waals surface area contributed by atoms with Crippen LogP contribution in [-0.4, -0.2) is 75.9 Å². The fourth-order valence-electron chi connectivity index (χ4n) is 5.60. The lowest BCUT2D eigenvalue weighted by Gasteiger charge is -2.23. The molecular weight excluding hydrogens is 717 g/mol. The Balaban J connectivity index is 1.14. The fraction of sp³-hybridized carbons (Fsp3) is 0.0571. The van der Waals surface area contributed by atoms with Crippen LogP contribution in [0, 0.1) is 0 Å². The minimum atomic E-state index is -4.57. The van der Waals surface area contributed by atoms with Crippen molar-refractivity contribution in [1.82, 2.24) is 0 Å². The minimum absolute atomic E-state index is 0.0335. The summed E-state index contributed by atoms with van der Waals surface area (Å²) in [5.41, 5.74) is 0.665. The van der Waals surface area contributed by atoms with Crippen molar-refractivity contribution in [3.05, 3.63) is 154 Å². The summed E-state index contributed by atoms with van der Waals surface area (Å²) >= 11 is 0. The number of nitrogens with one attached hydrogen (secondary N) is 2. The number of aliphatic hydroxyl groups is 2. The Morgan fingerprint density at radius 2 is 1.02 bits per heavy atom. The van der Waals surface area contributed by atoms with E-state index in [1.165, 1.54) is 109 Å². The van der Waals surface area contributed by atoms with Crippen molar-refractivity contribution in [3.63, 3.8) is 0 Å². The lowest BCUT2D eigenvalue weighted by Crippen LogP contribution is -2.26. The first-order chi connectivity index (χ1) is 24.6. The lowest BCUT2D eigenvalue weighted by molar-refractivity contribution is 0.0995. The highest BCUT2D eigenvalue weighted by Gasteiger charge is 2.33. The average molecular weight is 743 g/mol. The van der Waals surface area contributed by atoms with E-state index < -0.39 is 48.6 Å². The van der Waals surface area contributed by atoms with Crippen molar-refractivity contribution >= 4 is 60.9 Å². The van der Waals surface area contributed by atoms with E-state index in [0.717, 1.165) is 0 Å². The van der Waals surface area contributed by atoms with Crippen molar-refractivity contribution < 1.29 is 50.5 Å². The van der Waals surface area contributed by atoms with Crippen LogP contribution in [0.2, 0.25) is 0 Å². The predicted octanol–water partition coefficient (Wildman–Crippen LogP) is 4.76. The van der Waals surface area contributed by atoms with Gasteiger partial charge in [0.05, 0.1) is 11.4 Å². The van der Waals surface area contributed by atoms with Gasteiger partial charge in [-0.15, -0.1) is 0 Å². The summed E-state index contributed by atoms with van der Waals surface area (Å²) in [5, 5.41) is 23.1. The third-order valence-electron chi connectivity index (χ3n) is 7.90. The maximum atomic E-state index is 13.0. The smallest absolute Gasteiger partial charge is 0.323 e. The molecule has 4 aliphatic rings. The summed E-state index contributed by atoms with van der Waals surface area (Å²) in [4.78, 5) is 46.8. The van der Waals surface area contributed by atoms with Gasteiger partial charge in [0.25, 0.3) is 32.1 Å². The summed E-state index contributed by atoms with van der Waals surface area (Å²) in [6.07, 6.45) is 13.0. The number of aliphatic hydroxyl groups excluding tert-OH is 2. The number of rotatable bonds is 6. The molecule has 4 aliphatic carbocycles. The molecule has 0 heterocycles. The Morgan fingerprint density at radius 1 is 0.615 bits per heavy atom. The molecule has 0 saturated carbocycles. The number of amides is 4. The minimum Gasteiger partial charge on any atom is -0.507 e. The zero-order valence-corrected chi connectivity index (χ0v) is 28.0. The number of benzene rings is 2. The van der Waals surface area contributed by atoms with Crippen molar-refractivity contribution in [2.75, 3.05) is 10.6 Å². The number of fused-ring (bicyclic) bond motifs is 2. The van der Waals surface area contributed by atoms with Gasteiger partial charge < -0.3 is 20.8 Å². The van der Waals surface area contributed by atoms with Crippen LogP contribution < -0.4 is 10.6 Å². The molecule has 2 unspecified atom stereocenters. The van der Waals surface area contributed by atoms with Crippen molar-refractivity contribution in [2.45, 2.75) is 10.5 Å². The average Bonchev–Trinajstić information content (AvgIpc) is 3.07. The molecule has 0 bridgehead atoms. The van der Waals surface area contributed by atoms with Crippen molar-refractivity contribution in [2.24, 2.45) is 9.98 Å². The molecule has 6 rings (SSSR count). The molecule has 0 spiro atoms. The normalized spacial score (nSPS) is 21.0. The van der Waals surface area contributed by atoms with Gasteiger partial charge in [-0.3, -0.25) is 18.7 Å². The van der Waals surface area contributed by atoms with Gasteiger partial charge >= 0.3 is 6.03 Å². The van der Waals surface area contributed by atoms with Crippen LogP contribution in [0.15, 0.2) is 153 Å². The molecule has 264 valence electrons. The second kappa shape index (κ2) is 13.8. The Labute approximate surface area is 296 Å². The van der Waals surface area contributed by atoms with Crippen LogP contribution in [-0.2, 0) is 20.2 Å². The second-order valence-corrected chi connectivity index (χ2v) is 14.6. The molecule has 6 N–H and O–H groups in total. The fourth-order valence-corrected chi connectivity index (χ4v) is 7.21. The Morgan fingerprint density at radius 3 is 1.40 bits per heavy atom. The standard InChI is InChI=1S/C35H26N4O11S2/c40-29-17-23(15-27-25(29)9-3-11-31(27)51(45,46)47)36-33(42)19-5-1-7-21(13-19)38-35(44)39-22-8-2-6-20(14-22)34(43)37-24-16-28-26(30(41)18-24)10-4-12-32(28)52(48,49)50/h1-18,31-32,40-41H,(H2,38,39,44)(H,45,46,47)(H,48,49,50). The number of carbonyl (C=O) groups excluding carboxylic acids is 3. The number of nitrogens with zero attached hydrogens (tertiary/aromatic N) is 2. The van der Waals surface area contributed by atoms with E-state index in [2.05, 4.69) is 20.6 Å². The molecule has 17 heteroatoms. The summed E-state index contributed by atoms with van der Waals surface area (Å²) in [5.74, 6) is -2.27. The molecule has 0 fully saturated rings. The third-order valence-corrected chi connectivity index (χ3v) is 10.0. The monoisotopic (exact) mass is 742 g/mol. The van der Waals surface area contributed by atoms with Crippen molar-refractivity contribution in [3.8, 4) is 0 Å². The number of hydrogen-bond donors (Lipinski definition) is 6. The zero-order valence-electron chi connectivity index (χ0n) is 26.4. The number of aliphatic imine (C=N–C) groups is 2. The maximum Gasteiger partial charge on any atom is 0.323 e. The summed E-state index contributed by atoms with van der Waals surface area (Å²) in [6, 6.07) is 10.7. The van der Waals surface area contributed by atoms with Crippen LogP contribution in [0.25, 0.3) is 0 Å². The van der Waals surface area contributed by atoms with Gasteiger partial charge in [0.1, 0.15) is 22.0 Å². The number of allylic oxidation sites excluding steroid dienone is 10. The molecule has 15 nitrogen and oxygen atoms in total. The van der Waals surface area contributed by atoms with E-state index in [-0.39, 0.29) is 67.7 Å². The largest absolute Gasteiger partial charge is 0.507 e.